The van der Waals surface area contributed by atoms with Crippen molar-refractivity contribution in [2.45, 2.75) is 19.5 Å². The normalized spacial score (nSPS) is 12.6. The highest BCUT2D eigenvalue weighted by molar-refractivity contribution is 9.10. The molecule has 5 heteroatoms. The molecule has 2 rings (SSSR count). The molecule has 0 fully saturated rings. The standard InChI is InChI=1S/C12H15BrN4/c1-9(10-4-3-5-11(13)6-10)14-7-12-15-8-16-17(12)2/h3-6,8-9,14H,7H2,1-2H3/t9-/m0/s1. The maximum absolute atomic E-state index is 4.18. The van der Waals surface area contributed by atoms with Gasteiger partial charge in [-0.2, -0.15) is 5.10 Å². The molecule has 0 spiro atoms. The Kier molecular flexibility index (Phi) is 3.91. The predicted octanol–water partition coefficient (Wildman–Crippen LogP) is 2.43. The molecule has 4 nitrogen and oxygen atoms in total. The van der Waals surface area contributed by atoms with E-state index in [-0.39, 0.29) is 6.04 Å². The van der Waals surface area contributed by atoms with Crippen LogP contribution in [-0.2, 0) is 13.6 Å². The third-order valence-electron chi connectivity index (χ3n) is 2.72. The Balaban J connectivity index is 1.98. The minimum atomic E-state index is 0.282. The minimum Gasteiger partial charge on any atom is -0.303 e. The monoisotopic (exact) mass is 294 g/mol. The lowest BCUT2D eigenvalue weighted by atomic mass is 10.1. The van der Waals surface area contributed by atoms with Crippen LogP contribution in [0.25, 0.3) is 0 Å². The summed E-state index contributed by atoms with van der Waals surface area (Å²) in [5, 5.41) is 7.46. The maximum atomic E-state index is 4.18. The molecule has 0 aliphatic rings. The first-order chi connectivity index (χ1) is 8.16. The molecular weight excluding hydrogens is 280 g/mol. The lowest BCUT2D eigenvalue weighted by molar-refractivity contribution is 0.540. The van der Waals surface area contributed by atoms with E-state index >= 15 is 0 Å². The molecule has 1 aromatic heterocycles. The SMILES string of the molecule is C[C@H](NCc1ncnn1C)c1cccc(Br)c1. The molecule has 1 atom stereocenters. The molecule has 0 radical (unpaired) electrons. The summed E-state index contributed by atoms with van der Waals surface area (Å²) < 4.78 is 2.88. The third-order valence-corrected chi connectivity index (χ3v) is 3.21. The van der Waals surface area contributed by atoms with Crippen LogP contribution in [0.4, 0.5) is 0 Å². The van der Waals surface area contributed by atoms with Crippen molar-refractivity contribution in [1.82, 2.24) is 20.1 Å². The number of nitrogens with one attached hydrogen (secondary N) is 1. The Morgan fingerprint density at radius 3 is 2.94 bits per heavy atom. The Morgan fingerprint density at radius 2 is 2.29 bits per heavy atom. The zero-order valence-corrected chi connectivity index (χ0v) is 11.5. The summed E-state index contributed by atoms with van der Waals surface area (Å²) in [4.78, 5) is 4.18. The lowest BCUT2D eigenvalue weighted by Crippen LogP contribution is -2.20. The third kappa shape index (κ3) is 3.14. The van der Waals surface area contributed by atoms with Gasteiger partial charge in [0.25, 0.3) is 0 Å². The Morgan fingerprint density at radius 1 is 1.47 bits per heavy atom. The van der Waals surface area contributed by atoms with Gasteiger partial charge in [-0.05, 0) is 24.6 Å². The van der Waals surface area contributed by atoms with Crippen molar-refractivity contribution < 1.29 is 0 Å². The van der Waals surface area contributed by atoms with Gasteiger partial charge in [-0.1, -0.05) is 28.1 Å². The van der Waals surface area contributed by atoms with Crippen LogP contribution in [-0.4, -0.2) is 14.8 Å². The van der Waals surface area contributed by atoms with E-state index in [1.165, 1.54) is 5.56 Å². The van der Waals surface area contributed by atoms with Crippen LogP contribution in [0.1, 0.15) is 24.4 Å². The molecular formula is C12H15BrN4. The van der Waals surface area contributed by atoms with Crippen LogP contribution >= 0.6 is 15.9 Å². The fourth-order valence-electron chi connectivity index (χ4n) is 1.62. The quantitative estimate of drug-likeness (QED) is 0.942. The highest BCUT2D eigenvalue weighted by Gasteiger charge is 2.07. The van der Waals surface area contributed by atoms with Gasteiger partial charge < -0.3 is 5.32 Å². The average molecular weight is 295 g/mol. The van der Waals surface area contributed by atoms with E-state index < -0.39 is 0 Å². The molecule has 90 valence electrons. The molecule has 0 saturated heterocycles. The van der Waals surface area contributed by atoms with Crippen molar-refractivity contribution in [1.29, 1.82) is 0 Å². The number of benzene rings is 1. The molecule has 0 aliphatic heterocycles. The number of halogens is 1. The van der Waals surface area contributed by atoms with Gasteiger partial charge in [0.1, 0.15) is 12.2 Å². The van der Waals surface area contributed by atoms with E-state index in [1.807, 2.05) is 19.2 Å². The first kappa shape index (κ1) is 12.3. The predicted molar refractivity (Wildman–Crippen MR) is 70.4 cm³/mol. The number of rotatable bonds is 4. The van der Waals surface area contributed by atoms with Crippen LogP contribution in [0.3, 0.4) is 0 Å². The lowest BCUT2D eigenvalue weighted by Gasteiger charge is -2.14. The van der Waals surface area contributed by atoms with Crippen molar-refractivity contribution in [2.75, 3.05) is 0 Å². The maximum Gasteiger partial charge on any atom is 0.140 e. The van der Waals surface area contributed by atoms with Crippen molar-refractivity contribution >= 4 is 15.9 Å². The smallest absolute Gasteiger partial charge is 0.140 e. The second-order valence-corrected chi connectivity index (χ2v) is 4.87. The van der Waals surface area contributed by atoms with Gasteiger partial charge in [0, 0.05) is 17.6 Å². The van der Waals surface area contributed by atoms with Gasteiger partial charge in [0.05, 0.1) is 6.54 Å². The Hall–Kier alpha value is -1.20. The number of nitrogens with zero attached hydrogens (tertiary/aromatic N) is 3. The molecule has 0 bridgehead atoms. The van der Waals surface area contributed by atoms with E-state index in [9.17, 15) is 0 Å². The van der Waals surface area contributed by atoms with Gasteiger partial charge in [-0.15, -0.1) is 0 Å². The highest BCUT2D eigenvalue weighted by Crippen LogP contribution is 2.17. The molecule has 0 amide bonds. The van der Waals surface area contributed by atoms with Crippen molar-refractivity contribution in [3.63, 3.8) is 0 Å². The first-order valence-corrected chi connectivity index (χ1v) is 6.28. The second kappa shape index (κ2) is 5.42. The number of aryl methyl sites for hydroxylation is 1. The van der Waals surface area contributed by atoms with Gasteiger partial charge in [0.15, 0.2) is 0 Å². The van der Waals surface area contributed by atoms with Crippen LogP contribution in [0.2, 0.25) is 0 Å². The van der Waals surface area contributed by atoms with Crippen LogP contribution in [0, 0.1) is 0 Å². The van der Waals surface area contributed by atoms with E-state index in [2.05, 4.69) is 50.4 Å². The Labute approximate surface area is 109 Å². The fourth-order valence-corrected chi connectivity index (χ4v) is 2.04. The highest BCUT2D eigenvalue weighted by atomic mass is 79.9. The van der Waals surface area contributed by atoms with E-state index in [0.717, 1.165) is 10.3 Å². The largest absolute Gasteiger partial charge is 0.303 e. The van der Waals surface area contributed by atoms with E-state index in [0.29, 0.717) is 6.54 Å². The van der Waals surface area contributed by atoms with Crippen molar-refractivity contribution in [3.8, 4) is 0 Å². The number of hydrogen-bond acceptors (Lipinski definition) is 3. The first-order valence-electron chi connectivity index (χ1n) is 5.48. The molecule has 1 heterocycles. The van der Waals surface area contributed by atoms with Gasteiger partial charge in [0.2, 0.25) is 0 Å². The minimum absolute atomic E-state index is 0.282. The van der Waals surface area contributed by atoms with Gasteiger partial charge in [-0.3, -0.25) is 4.68 Å². The second-order valence-electron chi connectivity index (χ2n) is 3.96. The summed E-state index contributed by atoms with van der Waals surface area (Å²) in [5.41, 5.74) is 1.25. The molecule has 2 aromatic rings. The van der Waals surface area contributed by atoms with Gasteiger partial charge >= 0.3 is 0 Å². The van der Waals surface area contributed by atoms with Crippen LogP contribution < -0.4 is 5.32 Å². The summed E-state index contributed by atoms with van der Waals surface area (Å²) in [6, 6.07) is 8.58. The zero-order valence-electron chi connectivity index (χ0n) is 9.89. The summed E-state index contributed by atoms with van der Waals surface area (Å²) in [6.45, 7) is 2.85. The van der Waals surface area contributed by atoms with Crippen molar-refractivity contribution in [3.05, 3.63) is 46.5 Å². The molecule has 1 N–H and O–H groups in total. The summed E-state index contributed by atoms with van der Waals surface area (Å²) >= 11 is 3.48. The molecule has 0 unspecified atom stereocenters. The van der Waals surface area contributed by atoms with Gasteiger partial charge in [-0.25, -0.2) is 4.98 Å². The summed E-state index contributed by atoms with van der Waals surface area (Å²) in [7, 11) is 1.90. The molecule has 1 aromatic carbocycles. The molecule has 0 aliphatic carbocycles. The fraction of sp³-hybridized carbons (Fsp3) is 0.333. The van der Waals surface area contributed by atoms with Crippen LogP contribution in [0.15, 0.2) is 35.1 Å². The summed E-state index contributed by atoms with van der Waals surface area (Å²) in [6.07, 6.45) is 1.57. The molecule has 0 saturated carbocycles. The molecule has 17 heavy (non-hydrogen) atoms. The summed E-state index contributed by atoms with van der Waals surface area (Å²) in [5.74, 6) is 0.937. The van der Waals surface area contributed by atoms with E-state index in [4.69, 9.17) is 0 Å². The number of aromatic nitrogens is 3. The number of hydrogen-bond donors (Lipinski definition) is 1. The zero-order chi connectivity index (χ0) is 12.3. The van der Waals surface area contributed by atoms with Crippen LogP contribution in [0.5, 0.6) is 0 Å². The topological polar surface area (TPSA) is 42.7 Å². The van der Waals surface area contributed by atoms with Crippen molar-refractivity contribution in [2.24, 2.45) is 7.05 Å². The van der Waals surface area contributed by atoms with E-state index in [1.54, 1.807) is 11.0 Å². The average Bonchev–Trinajstić information content (AvgIpc) is 2.72. The Bertz CT molecular complexity index is 495.